The molecule has 0 aliphatic rings. The fraction of sp³-hybridized carbons (Fsp3) is 0.333. The van der Waals surface area contributed by atoms with Gasteiger partial charge in [0.15, 0.2) is 0 Å². The second-order valence-corrected chi connectivity index (χ2v) is 4.83. The van der Waals surface area contributed by atoms with Crippen LogP contribution in [0.5, 0.6) is 5.75 Å². The molecular formula is C15H18ClNO4. The number of methoxy groups -OCH3 is 1. The molecule has 2 N–H and O–H groups in total. The van der Waals surface area contributed by atoms with Gasteiger partial charge >= 0.3 is 5.97 Å². The Labute approximate surface area is 128 Å². The van der Waals surface area contributed by atoms with Crippen molar-refractivity contribution in [1.82, 2.24) is 5.32 Å². The number of carbonyl (C=O) groups excluding carboxylic acids is 1. The number of rotatable bonds is 7. The highest BCUT2D eigenvalue weighted by Crippen LogP contribution is 2.23. The molecule has 0 spiro atoms. The van der Waals surface area contributed by atoms with E-state index < -0.39 is 17.9 Å². The summed E-state index contributed by atoms with van der Waals surface area (Å²) in [6.07, 6.45) is 3.68. The first kappa shape index (κ1) is 17.0. The summed E-state index contributed by atoms with van der Waals surface area (Å²) < 4.78 is 5.15. The molecular weight excluding hydrogens is 294 g/mol. The highest BCUT2D eigenvalue weighted by molar-refractivity contribution is 6.30. The van der Waals surface area contributed by atoms with Crippen molar-refractivity contribution in [3.8, 4) is 5.75 Å². The Balaban J connectivity index is 2.76. The van der Waals surface area contributed by atoms with Gasteiger partial charge in [-0.1, -0.05) is 23.8 Å². The number of nitrogens with one attached hydrogen (secondary N) is 1. The van der Waals surface area contributed by atoms with Gasteiger partial charge in [-0.15, -0.1) is 0 Å². The second-order valence-electron chi connectivity index (χ2n) is 4.40. The molecule has 1 aromatic rings. The van der Waals surface area contributed by atoms with E-state index >= 15 is 0 Å². The van der Waals surface area contributed by atoms with E-state index in [0.717, 1.165) is 0 Å². The van der Waals surface area contributed by atoms with Gasteiger partial charge in [-0.05, 0) is 31.5 Å². The standard InChI is InChI=1S/C15H18ClNO4/c1-3-4-5-12(15(19)20)17-14(18)9-10-8-11(16)6-7-13(10)21-2/h3-4,6-8,12H,5,9H2,1-2H3,(H,17,18)(H,19,20)/b4-3+. The van der Waals surface area contributed by atoms with E-state index in [2.05, 4.69) is 5.32 Å². The summed E-state index contributed by atoms with van der Waals surface area (Å²) in [6.45, 7) is 1.79. The summed E-state index contributed by atoms with van der Waals surface area (Å²) in [5, 5.41) is 12.0. The first-order valence-corrected chi connectivity index (χ1v) is 6.81. The van der Waals surface area contributed by atoms with Gasteiger partial charge in [-0.3, -0.25) is 4.79 Å². The van der Waals surface area contributed by atoms with Gasteiger partial charge in [-0.2, -0.15) is 0 Å². The number of hydrogen-bond donors (Lipinski definition) is 2. The molecule has 6 heteroatoms. The molecule has 1 rings (SSSR count). The molecule has 0 heterocycles. The molecule has 0 fully saturated rings. The lowest BCUT2D eigenvalue weighted by Crippen LogP contribution is -2.41. The molecule has 1 amide bonds. The van der Waals surface area contributed by atoms with Crippen molar-refractivity contribution in [1.29, 1.82) is 0 Å². The molecule has 1 atom stereocenters. The third kappa shape index (κ3) is 5.47. The number of ether oxygens (including phenoxy) is 1. The fourth-order valence-electron chi connectivity index (χ4n) is 1.80. The third-order valence-electron chi connectivity index (χ3n) is 2.83. The van der Waals surface area contributed by atoms with Crippen molar-refractivity contribution in [3.05, 3.63) is 40.9 Å². The molecule has 0 aromatic heterocycles. The van der Waals surface area contributed by atoms with Crippen LogP contribution in [0.2, 0.25) is 5.02 Å². The van der Waals surface area contributed by atoms with E-state index in [0.29, 0.717) is 16.3 Å². The highest BCUT2D eigenvalue weighted by Gasteiger charge is 2.19. The number of aliphatic carboxylic acids is 1. The lowest BCUT2D eigenvalue weighted by atomic mass is 10.1. The van der Waals surface area contributed by atoms with Gasteiger partial charge < -0.3 is 15.2 Å². The van der Waals surface area contributed by atoms with Crippen LogP contribution in [0.1, 0.15) is 18.9 Å². The first-order valence-electron chi connectivity index (χ1n) is 6.43. The van der Waals surface area contributed by atoms with E-state index in [-0.39, 0.29) is 12.8 Å². The summed E-state index contributed by atoms with van der Waals surface area (Å²) in [5.74, 6) is -0.929. The number of amides is 1. The van der Waals surface area contributed by atoms with Crippen LogP contribution in [0.15, 0.2) is 30.4 Å². The average molecular weight is 312 g/mol. The Bertz CT molecular complexity index is 542. The molecule has 0 saturated carbocycles. The van der Waals surface area contributed by atoms with E-state index in [1.807, 2.05) is 0 Å². The van der Waals surface area contributed by atoms with Crippen molar-refractivity contribution in [2.45, 2.75) is 25.8 Å². The van der Waals surface area contributed by atoms with E-state index in [1.165, 1.54) is 7.11 Å². The number of carboxylic acids is 1. The van der Waals surface area contributed by atoms with Gasteiger partial charge in [0.1, 0.15) is 11.8 Å². The normalized spacial score (nSPS) is 12.1. The predicted octanol–water partition coefficient (Wildman–Crippen LogP) is 2.43. The number of halogens is 1. The predicted molar refractivity (Wildman–Crippen MR) is 80.7 cm³/mol. The van der Waals surface area contributed by atoms with Crippen molar-refractivity contribution < 1.29 is 19.4 Å². The van der Waals surface area contributed by atoms with Crippen molar-refractivity contribution in [2.75, 3.05) is 7.11 Å². The van der Waals surface area contributed by atoms with Gasteiger partial charge in [0.25, 0.3) is 0 Å². The number of carboxylic acid groups (broad SMARTS) is 1. The Morgan fingerprint density at radius 3 is 2.76 bits per heavy atom. The van der Waals surface area contributed by atoms with Crippen LogP contribution in [0.3, 0.4) is 0 Å². The van der Waals surface area contributed by atoms with E-state index in [4.69, 9.17) is 21.4 Å². The minimum Gasteiger partial charge on any atom is -0.496 e. The minimum absolute atomic E-state index is 0.00333. The summed E-state index contributed by atoms with van der Waals surface area (Å²) in [5.41, 5.74) is 0.609. The molecule has 0 saturated heterocycles. The van der Waals surface area contributed by atoms with Crippen molar-refractivity contribution in [2.24, 2.45) is 0 Å². The quantitative estimate of drug-likeness (QED) is 0.758. The molecule has 21 heavy (non-hydrogen) atoms. The van der Waals surface area contributed by atoms with E-state index in [1.54, 1.807) is 37.3 Å². The van der Waals surface area contributed by atoms with Crippen LogP contribution in [-0.2, 0) is 16.0 Å². The van der Waals surface area contributed by atoms with Crippen molar-refractivity contribution >= 4 is 23.5 Å². The summed E-state index contributed by atoms with van der Waals surface area (Å²) in [7, 11) is 1.50. The smallest absolute Gasteiger partial charge is 0.326 e. The van der Waals surface area contributed by atoms with Gasteiger partial charge in [0.05, 0.1) is 13.5 Å². The molecule has 0 aliphatic carbocycles. The molecule has 0 radical (unpaired) electrons. The summed E-state index contributed by atoms with van der Waals surface area (Å²) in [4.78, 5) is 23.0. The van der Waals surface area contributed by atoms with Gasteiger partial charge in [0, 0.05) is 10.6 Å². The Morgan fingerprint density at radius 2 is 2.19 bits per heavy atom. The lowest BCUT2D eigenvalue weighted by molar-refractivity contribution is -0.141. The molecule has 0 aliphatic heterocycles. The largest absolute Gasteiger partial charge is 0.496 e. The Hall–Kier alpha value is -2.01. The lowest BCUT2D eigenvalue weighted by Gasteiger charge is -2.14. The van der Waals surface area contributed by atoms with Crippen LogP contribution in [0.4, 0.5) is 0 Å². The van der Waals surface area contributed by atoms with Crippen LogP contribution < -0.4 is 10.1 Å². The average Bonchev–Trinajstić information content (AvgIpc) is 2.43. The fourth-order valence-corrected chi connectivity index (χ4v) is 1.99. The maximum Gasteiger partial charge on any atom is 0.326 e. The minimum atomic E-state index is -1.07. The number of benzene rings is 1. The first-order chi connectivity index (χ1) is 9.97. The highest BCUT2D eigenvalue weighted by atomic mass is 35.5. The zero-order chi connectivity index (χ0) is 15.8. The molecule has 1 unspecified atom stereocenters. The third-order valence-corrected chi connectivity index (χ3v) is 3.07. The monoisotopic (exact) mass is 311 g/mol. The van der Waals surface area contributed by atoms with Crippen molar-refractivity contribution in [3.63, 3.8) is 0 Å². The van der Waals surface area contributed by atoms with E-state index in [9.17, 15) is 9.59 Å². The van der Waals surface area contributed by atoms with Crippen LogP contribution in [0.25, 0.3) is 0 Å². The Kier molecular flexibility index (Phi) is 6.75. The maximum absolute atomic E-state index is 12.0. The SMILES string of the molecule is C/C=C/CC(NC(=O)Cc1cc(Cl)ccc1OC)C(=O)O. The number of hydrogen-bond acceptors (Lipinski definition) is 3. The maximum atomic E-state index is 12.0. The molecule has 0 bridgehead atoms. The summed E-state index contributed by atoms with van der Waals surface area (Å²) >= 11 is 5.89. The van der Waals surface area contributed by atoms with Crippen LogP contribution in [0, 0.1) is 0 Å². The summed E-state index contributed by atoms with van der Waals surface area (Å²) in [6, 6.07) is 4.01. The number of allylic oxidation sites excluding steroid dienone is 1. The molecule has 114 valence electrons. The zero-order valence-electron chi connectivity index (χ0n) is 11.9. The van der Waals surface area contributed by atoms with Crippen LogP contribution in [-0.4, -0.2) is 30.1 Å². The molecule has 1 aromatic carbocycles. The zero-order valence-corrected chi connectivity index (χ0v) is 12.7. The van der Waals surface area contributed by atoms with Gasteiger partial charge in [0.2, 0.25) is 5.91 Å². The topological polar surface area (TPSA) is 75.6 Å². The van der Waals surface area contributed by atoms with Gasteiger partial charge in [-0.25, -0.2) is 4.79 Å². The molecule has 5 nitrogen and oxygen atoms in total. The number of carbonyl (C=O) groups is 2. The second kappa shape index (κ2) is 8.32. The Morgan fingerprint density at radius 1 is 1.48 bits per heavy atom. The van der Waals surface area contributed by atoms with Crippen LogP contribution >= 0.6 is 11.6 Å².